The third kappa shape index (κ3) is 2.68. The highest BCUT2D eigenvalue weighted by molar-refractivity contribution is 7.89. The van der Waals surface area contributed by atoms with Gasteiger partial charge in [-0.15, -0.1) is 0 Å². The van der Waals surface area contributed by atoms with E-state index >= 15 is 0 Å². The second kappa shape index (κ2) is 4.78. The number of hydrogen-bond acceptors (Lipinski definition) is 6. The van der Waals surface area contributed by atoms with Gasteiger partial charge in [0.15, 0.2) is 4.90 Å². The van der Waals surface area contributed by atoms with Crippen molar-refractivity contribution >= 4 is 15.8 Å². The van der Waals surface area contributed by atoms with Gasteiger partial charge >= 0.3 is 11.7 Å². The molecular formula is C7H7F2N3O5S. The van der Waals surface area contributed by atoms with Crippen LogP contribution in [-0.4, -0.2) is 25.4 Å². The molecule has 1 rings (SSSR count). The van der Waals surface area contributed by atoms with Crippen molar-refractivity contribution in [2.24, 2.45) is 5.14 Å². The van der Waals surface area contributed by atoms with Gasteiger partial charge in [-0.05, 0) is 11.0 Å². The number of nitrogens with zero attached hydrogens (tertiary/aromatic N) is 2. The molecule has 0 unspecified atom stereocenters. The van der Waals surface area contributed by atoms with Crippen LogP contribution in [0.1, 0.15) is 12.0 Å². The molecule has 8 nitrogen and oxygen atoms in total. The first kappa shape index (κ1) is 14.2. The van der Waals surface area contributed by atoms with Gasteiger partial charge in [-0.25, -0.2) is 22.3 Å². The van der Waals surface area contributed by atoms with Crippen molar-refractivity contribution in [2.45, 2.75) is 11.3 Å². The zero-order valence-electron chi connectivity index (χ0n) is 8.83. The summed E-state index contributed by atoms with van der Waals surface area (Å²) in [5.41, 5.74) is -0.896. The molecule has 18 heavy (non-hydrogen) atoms. The summed E-state index contributed by atoms with van der Waals surface area (Å²) < 4.78 is 51.8. The first-order valence-electron chi connectivity index (χ1n) is 4.22. The number of pyridine rings is 1. The van der Waals surface area contributed by atoms with Crippen LogP contribution in [0.3, 0.4) is 0 Å². The Kier molecular flexibility index (Phi) is 3.76. The molecule has 0 saturated heterocycles. The van der Waals surface area contributed by atoms with Crippen molar-refractivity contribution in [2.75, 3.05) is 7.11 Å². The summed E-state index contributed by atoms with van der Waals surface area (Å²) in [5.74, 6) is -1.90. The lowest BCUT2D eigenvalue weighted by molar-refractivity contribution is -0.392. The Morgan fingerprint density at radius 2 is 2.11 bits per heavy atom. The van der Waals surface area contributed by atoms with Crippen LogP contribution in [0, 0.1) is 10.1 Å². The van der Waals surface area contributed by atoms with Crippen molar-refractivity contribution in [1.29, 1.82) is 0 Å². The first-order valence-corrected chi connectivity index (χ1v) is 5.77. The zero-order valence-corrected chi connectivity index (χ0v) is 9.65. The van der Waals surface area contributed by atoms with Crippen molar-refractivity contribution in [3.05, 3.63) is 21.7 Å². The van der Waals surface area contributed by atoms with Gasteiger partial charge in [-0.2, -0.15) is 0 Å². The maximum Gasteiger partial charge on any atom is 0.387 e. The second-order valence-electron chi connectivity index (χ2n) is 3.01. The van der Waals surface area contributed by atoms with E-state index in [1.807, 2.05) is 0 Å². The molecule has 0 amide bonds. The Labute approximate surface area is 99.6 Å². The predicted molar refractivity (Wildman–Crippen MR) is 53.8 cm³/mol. The maximum absolute atomic E-state index is 12.6. The number of methoxy groups -OCH3 is 1. The number of primary sulfonamides is 1. The molecule has 0 atom stereocenters. The fraction of sp³-hybridized carbons (Fsp3) is 0.286. The Balaban J connectivity index is 3.69. The average molecular weight is 283 g/mol. The lowest BCUT2D eigenvalue weighted by Crippen LogP contribution is -2.16. The van der Waals surface area contributed by atoms with Crippen LogP contribution in [-0.2, 0) is 10.0 Å². The van der Waals surface area contributed by atoms with E-state index in [1.165, 1.54) is 0 Å². The van der Waals surface area contributed by atoms with Gasteiger partial charge in [-0.1, -0.05) is 0 Å². The number of halogens is 2. The number of ether oxygens (including phenoxy) is 1. The van der Waals surface area contributed by atoms with Crippen molar-refractivity contribution in [3.63, 3.8) is 0 Å². The minimum absolute atomic E-state index is 0.379. The fourth-order valence-corrected chi connectivity index (χ4v) is 1.81. The smallest absolute Gasteiger partial charge is 0.387 e. The summed E-state index contributed by atoms with van der Waals surface area (Å²) in [7, 11) is -3.59. The minimum Gasteiger partial charge on any atom is -0.462 e. The van der Waals surface area contributed by atoms with E-state index in [1.54, 1.807) is 0 Å². The zero-order chi connectivity index (χ0) is 14.1. The van der Waals surface area contributed by atoms with Crippen LogP contribution in [0.2, 0.25) is 0 Å². The molecule has 2 N–H and O–H groups in total. The van der Waals surface area contributed by atoms with E-state index < -0.39 is 43.5 Å². The Hall–Kier alpha value is -1.88. The lowest BCUT2D eigenvalue weighted by atomic mass is 10.3. The van der Waals surface area contributed by atoms with E-state index in [0.717, 1.165) is 7.11 Å². The van der Waals surface area contributed by atoms with Gasteiger partial charge in [0.2, 0.25) is 10.0 Å². The number of nitrogens with two attached hydrogens (primary N) is 1. The molecule has 1 aromatic heterocycles. The number of hydrogen-bond donors (Lipinski definition) is 1. The van der Waals surface area contributed by atoms with E-state index in [9.17, 15) is 27.3 Å². The van der Waals surface area contributed by atoms with Gasteiger partial charge in [0.1, 0.15) is 5.56 Å². The topological polar surface area (TPSA) is 125 Å². The van der Waals surface area contributed by atoms with Gasteiger partial charge in [0, 0.05) is 4.98 Å². The predicted octanol–water partition coefficient (Wildman–Crippen LogP) is 0.583. The van der Waals surface area contributed by atoms with Crippen LogP contribution in [0.25, 0.3) is 0 Å². The summed E-state index contributed by atoms with van der Waals surface area (Å²) >= 11 is 0. The van der Waals surface area contributed by atoms with Crippen LogP contribution < -0.4 is 9.88 Å². The third-order valence-corrected chi connectivity index (χ3v) is 2.78. The number of alkyl halides is 2. The standard InChI is InChI=1S/C7H7F2N3O5S/c1-17-7-3(5(8)9)2-4(18(10,15)16)6(11-7)12(13)14/h2,5H,1H3,(H2,10,15,16). The van der Waals surface area contributed by atoms with Crippen molar-refractivity contribution in [1.82, 2.24) is 4.98 Å². The first-order chi connectivity index (χ1) is 8.18. The normalized spacial score (nSPS) is 11.6. The molecule has 1 heterocycles. The van der Waals surface area contributed by atoms with E-state index in [2.05, 4.69) is 9.72 Å². The molecule has 11 heteroatoms. The van der Waals surface area contributed by atoms with Gasteiger partial charge in [0.25, 0.3) is 6.43 Å². The molecule has 0 fully saturated rings. The summed E-state index contributed by atoms with van der Waals surface area (Å²) in [4.78, 5) is 11.5. The highest BCUT2D eigenvalue weighted by Crippen LogP contribution is 2.33. The molecular weight excluding hydrogens is 276 g/mol. The quantitative estimate of drug-likeness (QED) is 0.636. The maximum atomic E-state index is 12.6. The molecule has 0 aliphatic rings. The van der Waals surface area contributed by atoms with Crippen LogP contribution in [0.15, 0.2) is 11.0 Å². The summed E-state index contributed by atoms with van der Waals surface area (Å²) in [5, 5.41) is 15.3. The highest BCUT2D eigenvalue weighted by Gasteiger charge is 2.31. The molecule has 0 spiro atoms. The summed E-state index contributed by atoms with van der Waals surface area (Å²) in [6.45, 7) is 0. The summed E-state index contributed by atoms with van der Waals surface area (Å²) in [6.07, 6.45) is -3.12. The van der Waals surface area contributed by atoms with E-state index in [0.29, 0.717) is 6.07 Å². The molecule has 1 aromatic rings. The monoisotopic (exact) mass is 283 g/mol. The lowest BCUT2D eigenvalue weighted by Gasteiger charge is -2.06. The average Bonchev–Trinajstić information content (AvgIpc) is 2.25. The molecule has 0 radical (unpaired) electrons. The van der Waals surface area contributed by atoms with Crippen LogP contribution in [0.5, 0.6) is 5.88 Å². The minimum atomic E-state index is -4.55. The van der Waals surface area contributed by atoms with Crippen LogP contribution in [0.4, 0.5) is 14.6 Å². The molecule has 100 valence electrons. The van der Waals surface area contributed by atoms with Crippen LogP contribution >= 0.6 is 0 Å². The van der Waals surface area contributed by atoms with E-state index in [-0.39, 0.29) is 0 Å². The number of aromatic nitrogens is 1. The van der Waals surface area contributed by atoms with Gasteiger partial charge in [0.05, 0.1) is 7.11 Å². The molecule has 0 bridgehead atoms. The van der Waals surface area contributed by atoms with Crippen molar-refractivity contribution in [3.8, 4) is 5.88 Å². The molecule has 0 aliphatic heterocycles. The molecule has 0 aliphatic carbocycles. The molecule has 0 saturated carbocycles. The number of rotatable bonds is 4. The SMILES string of the molecule is COc1nc([N+](=O)[O-])c(S(N)(=O)=O)cc1C(F)F. The molecule has 0 aromatic carbocycles. The van der Waals surface area contributed by atoms with E-state index in [4.69, 9.17) is 5.14 Å². The van der Waals surface area contributed by atoms with Gasteiger partial charge < -0.3 is 14.9 Å². The Morgan fingerprint density at radius 1 is 1.56 bits per heavy atom. The second-order valence-corrected chi connectivity index (χ2v) is 4.54. The highest BCUT2D eigenvalue weighted by atomic mass is 32.2. The third-order valence-electron chi connectivity index (χ3n) is 1.87. The van der Waals surface area contributed by atoms with Gasteiger partial charge in [-0.3, -0.25) is 0 Å². The summed E-state index contributed by atoms with van der Waals surface area (Å²) in [6, 6.07) is 0.379. The largest absolute Gasteiger partial charge is 0.462 e. The fourth-order valence-electron chi connectivity index (χ4n) is 1.14. The Morgan fingerprint density at radius 3 is 2.44 bits per heavy atom. The number of sulfonamides is 1. The number of nitro groups is 1. The van der Waals surface area contributed by atoms with Crippen molar-refractivity contribution < 1.29 is 26.9 Å². The Bertz CT molecular complexity index is 589.